The Labute approximate surface area is 125 Å². The standard InChI is InChI=1S/C17H21NO3/c1-13-2-4-14(5-3-13)6-8-16(19)18-11-10-15(12-18)7-9-17(20)21/h2-6,8,15H,7,9-12H2,1H3,(H,20,21)/b8-6+. The van der Waals surface area contributed by atoms with Crippen LogP contribution in [0, 0.1) is 12.8 Å². The molecule has 1 aliphatic rings. The summed E-state index contributed by atoms with van der Waals surface area (Å²) in [5.41, 5.74) is 2.20. The SMILES string of the molecule is Cc1ccc(/C=C/C(=O)N2CCC(CCC(=O)O)C2)cc1. The van der Waals surface area contributed by atoms with Gasteiger partial charge in [-0.3, -0.25) is 9.59 Å². The van der Waals surface area contributed by atoms with E-state index in [4.69, 9.17) is 5.11 Å². The number of benzene rings is 1. The molecule has 1 saturated heterocycles. The average Bonchev–Trinajstić information content (AvgIpc) is 2.93. The van der Waals surface area contributed by atoms with E-state index in [1.807, 2.05) is 37.3 Å². The van der Waals surface area contributed by atoms with Crippen molar-refractivity contribution in [3.63, 3.8) is 0 Å². The first-order chi connectivity index (χ1) is 10.0. The number of carbonyl (C=O) groups excluding carboxylic acids is 1. The van der Waals surface area contributed by atoms with Gasteiger partial charge in [0.25, 0.3) is 0 Å². The molecule has 1 aliphatic heterocycles. The predicted octanol–water partition coefficient (Wildman–Crippen LogP) is 2.72. The number of nitrogens with zero attached hydrogens (tertiary/aromatic N) is 1. The molecule has 4 nitrogen and oxygen atoms in total. The van der Waals surface area contributed by atoms with Crippen molar-refractivity contribution in [3.8, 4) is 0 Å². The van der Waals surface area contributed by atoms with Crippen molar-refractivity contribution >= 4 is 18.0 Å². The summed E-state index contributed by atoms with van der Waals surface area (Å²) >= 11 is 0. The first kappa shape index (κ1) is 15.3. The Balaban J connectivity index is 1.84. The molecule has 1 heterocycles. The molecule has 1 aromatic rings. The molecule has 0 aliphatic carbocycles. The van der Waals surface area contributed by atoms with Gasteiger partial charge in [0.05, 0.1) is 0 Å². The lowest BCUT2D eigenvalue weighted by atomic mass is 10.0. The molecule has 4 heteroatoms. The smallest absolute Gasteiger partial charge is 0.303 e. The third-order valence-electron chi connectivity index (χ3n) is 3.86. The van der Waals surface area contributed by atoms with Crippen molar-refractivity contribution in [3.05, 3.63) is 41.5 Å². The van der Waals surface area contributed by atoms with E-state index in [2.05, 4.69) is 0 Å². The molecule has 21 heavy (non-hydrogen) atoms. The molecule has 1 N–H and O–H groups in total. The molecular formula is C17H21NO3. The van der Waals surface area contributed by atoms with Crippen LogP contribution < -0.4 is 0 Å². The average molecular weight is 287 g/mol. The molecule has 0 saturated carbocycles. The van der Waals surface area contributed by atoms with E-state index >= 15 is 0 Å². The first-order valence-electron chi connectivity index (χ1n) is 7.30. The molecular weight excluding hydrogens is 266 g/mol. The quantitative estimate of drug-likeness (QED) is 0.847. The second-order valence-corrected chi connectivity index (χ2v) is 5.62. The van der Waals surface area contributed by atoms with Gasteiger partial charge in [0.15, 0.2) is 0 Å². The fourth-order valence-electron chi connectivity index (χ4n) is 2.55. The lowest BCUT2D eigenvalue weighted by Gasteiger charge is -2.14. The van der Waals surface area contributed by atoms with Gasteiger partial charge in [-0.2, -0.15) is 0 Å². The largest absolute Gasteiger partial charge is 0.481 e. The minimum absolute atomic E-state index is 0.00778. The number of aliphatic carboxylic acids is 1. The van der Waals surface area contributed by atoms with Crippen LogP contribution in [0.1, 0.15) is 30.4 Å². The van der Waals surface area contributed by atoms with Crippen molar-refractivity contribution in [1.29, 1.82) is 0 Å². The van der Waals surface area contributed by atoms with Crippen LogP contribution in [-0.4, -0.2) is 35.0 Å². The molecule has 1 aromatic carbocycles. The molecule has 0 radical (unpaired) electrons. The maximum Gasteiger partial charge on any atom is 0.303 e. The minimum atomic E-state index is -0.765. The highest BCUT2D eigenvalue weighted by atomic mass is 16.4. The van der Waals surface area contributed by atoms with E-state index in [9.17, 15) is 9.59 Å². The second kappa shape index (κ2) is 7.07. The van der Waals surface area contributed by atoms with Crippen molar-refractivity contribution in [1.82, 2.24) is 4.90 Å². The summed E-state index contributed by atoms with van der Waals surface area (Å²) in [6, 6.07) is 8.00. The van der Waals surface area contributed by atoms with Gasteiger partial charge in [-0.15, -0.1) is 0 Å². The summed E-state index contributed by atoms with van der Waals surface area (Å²) in [7, 11) is 0. The summed E-state index contributed by atoms with van der Waals surface area (Å²) in [4.78, 5) is 24.5. The van der Waals surface area contributed by atoms with Crippen LogP contribution in [0.3, 0.4) is 0 Å². The normalized spacial score (nSPS) is 18.3. The summed E-state index contributed by atoms with van der Waals surface area (Å²) in [6.45, 7) is 3.42. The monoisotopic (exact) mass is 287 g/mol. The maximum atomic E-state index is 12.1. The number of carboxylic acid groups (broad SMARTS) is 1. The van der Waals surface area contributed by atoms with Gasteiger partial charge in [0, 0.05) is 25.6 Å². The summed E-state index contributed by atoms with van der Waals surface area (Å²) in [5, 5.41) is 8.69. The third kappa shape index (κ3) is 4.74. The molecule has 1 fully saturated rings. The van der Waals surface area contributed by atoms with Gasteiger partial charge in [-0.25, -0.2) is 0 Å². The zero-order valence-electron chi connectivity index (χ0n) is 12.3. The highest BCUT2D eigenvalue weighted by molar-refractivity contribution is 5.91. The number of hydrogen-bond donors (Lipinski definition) is 1. The summed E-state index contributed by atoms with van der Waals surface area (Å²) < 4.78 is 0. The lowest BCUT2D eigenvalue weighted by Crippen LogP contribution is -2.26. The number of carbonyl (C=O) groups is 2. The Bertz CT molecular complexity index is 533. The summed E-state index contributed by atoms with van der Waals surface area (Å²) in [6.07, 6.45) is 5.17. The second-order valence-electron chi connectivity index (χ2n) is 5.62. The van der Waals surface area contributed by atoms with Crippen LogP contribution in [0.15, 0.2) is 30.3 Å². The van der Waals surface area contributed by atoms with Crippen LogP contribution >= 0.6 is 0 Å². The van der Waals surface area contributed by atoms with Crippen molar-refractivity contribution in [2.45, 2.75) is 26.2 Å². The molecule has 1 unspecified atom stereocenters. The number of carboxylic acids is 1. The zero-order chi connectivity index (χ0) is 15.2. The van der Waals surface area contributed by atoms with Crippen LogP contribution in [-0.2, 0) is 9.59 Å². The fourth-order valence-corrected chi connectivity index (χ4v) is 2.55. The predicted molar refractivity (Wildman–Crippen MR) is 81.8 cm³/mol. The van der Waals surface area contributed by atoms with Gasteiger partial charge in [-0.1, -0.05) is 29.8 Å². The highest BCUT2D eigenvalue weighted by Gasteiger charge is 2.25. The van der Waals surface area contributed by atoms with Crippen molar-refractivity contribution < 1.29 is 14.7 Å². The first-order valence-corrected chi connectivity index (χ1v) is 7.30. The molecule has 0 aromatic heterocycles. The number of likely N-dealkylation sites (tertiary alicyclic amines) is 1. The fraction of sp³-hybridized carbons (Fsp3) is 0.412. The molecule has 2 rings (SSSR count). The van der Waals surface area contributed by atoms with E-state index in [1.165, 1.54) is 5.56 Å². The third-order valence-corrected chi connectivity index (χ3v) is 3.86. The summed E-state index contributed by atoms with van der Waals surface area (Å²) in [5.74, 6) is -0.440. The number of amides is 1. The zero-order valence-corrected chi connectivity index (χ0v) is 12.3. The minimum Gasteiger partial charge on any atom is -0.481 e. The van der Waals surface area contributed by atoms with Crippen LogP contribution in [0.4, 0.5) is 0 Å². The Morgan fingerprint density at radius 3 is 2.71 bits per heavy atom. The number of hydrogen-bond acceptors (Lipinski definition) is 2. The van der Waals surface area contributed by atoms with Gasteiger partial charge in [0.2, 0.25) is 5.91 Å². The van der Waals surface area contributed by atoms with Crippen molar-refractivity contribution in [2.24, 2.45) is 5.92 Å². The highest BCUT2D eigenvalue weighted by Crippen LogP contribution is 2.21. The van der Waals surface area contributed by atoms with Crippen molar-refractivity contribution in [2.75, 3.05) is 13.1 Å². The van der Waals surface area contributed by atoms with Crippen LogP contribution in [0.5, 0.6) is 0 Å². The Hall–Kier alpha value is -2.10. The van der Waals surface area contributed by atoms with Gasteiger partial charge in [0.1, 0.15) is 0 Å². The molecule has 1 atom stereocenters. The Morgan fingerprint density at radius 1 is 1.33 bits per heavy atom. The molecule has 0 bridgehead atoms. The van der Waals surface area contributed by atoms with E-state index in [0.29, 0.717) is 18.9 Å². The van der Waals surface area contributed by atoms with E-state index in [0.717, 1.165) is 18.5 Å². The Kier molecular flexibility index (Phi) is 5.14. The molecule has 112 valence electrons. The van der Waals surface area contributed by atoms with Crippen LogP contribution in [0.25, 0.3) is 6.08 Å². The van der Waals surface area contributed by atoms with E-state index in [1.54, 1.807) is 11.0 Å². The van der Waals surface area contributed by atoms with Gasteiger partial charge >= 0.3 is 5.97 Å². The number of rotatable bonds is 5. The maximum absolute atomic E-state index is 12.1. The Morgan fingerprint density at radius 2 is 2.05 bits per heavy atom. The topological polar surface area (TPSA) is 57.6 Å². The van der Waals surface area contributed by atoms with E-state index in [-0.39, 0.29) is 12.3 Å². The van der Waals surface area contributed by atoms with Crippen LogP contribution in [0.2, 0.25) is 0 Å². The number of aryl methyl sites for hydroxylation is 1. The lowest BCUT2D eigenvalue weighted by molar-refractivity contribution is -0.137. The molecule has 1 amide bonds. The van der Waals surface area contributed by atoms with E-state index < -0.39 is 5.97 Å². The van der Waals surface area contributed by atoms with Gasteiger partial charge < -0.3 is 10.0 Å². The van der Waals surface area contributed by atoms with Gasteiger partial charge in [-0.05, 0) is 37.3 Å². The molecule has 0 spiro atoms.